The van der Waals surface area contributed by atoms with E-state index in [4.69, 9.17) is 0 Å². The normalized spacial score (nSPS) is 23.3. The highest BCUT2D eigenvalue weighted by atomic mass is 16.2. The third-order valence-corrected chi connectivity index (χ3v) is 5.95. The fourth-order valence-corrected chi connectivity index (χ4v) is 4.37. The summed E-state index contributed by atoms with van der Waals surface area (Å²) in [7, 11) is 2.15. The summed E-state index contributed by atoms with van der Waals surface area (Å²) < 4.78 is 2.01. The number of hydrogen-bond acceptors (Lipinski definition) is 6. The van der Waals surface area contributed by atoms with Gasteiger partial charge in [0.25, 0.3) is 0 Å². The number of fused-ring (bicyclic) bond motifs is 1. The number of anilines is 2. The average molecular weight is 367 g/mol. The number of hydrogen-bond donors (Lipinski definition) is 0. The largest absolute Gasteiger partial charge is 0.353 e. The van der Waals surface area contributed by atoms with Crippen molar-refractivity contribution < 1.29 is 4.79 Å². The highest BCUT2D eigenvalue weighted by Gasteiger charge is 2.29. The molecule has 0 aromatic carbocycles. The summed E-state index contributed by atoms with van der Waals surface area (Å²) in [5, 5.41) is 13.5. The van der Waals surface area contributed by atoms with E-state index in [0.29, 0.717) is 12.5 Å². The predicted molar refractivity (Wildman–Crippen MR) is 102 cm³/mol. The molecule has 3 aliphatic rings. The van der Waals surface area contributed by atoms with Crippen LogP contribution in [-0.2, 0) is 17.8 Å². The van der Waals surface area contributed by atoms with E-state index in [1.165, 1.54) is 5.56 Å². The molecule has 1 unspecified atom stereocenters. The molecule has 8 heteroatoms. The lowest BCUT2D eigenvalue weighted by atomic mass is 10.1. The molecule has 2 aromatic heterocycles. The van der Waals surface area contributed by atoms with E-state index in [1.54, 1.807) is 0 Å². The van der Waals surface area contributed by atoms with Crippen LogP contribution in [0.5, 0.6) is 0 Å². The van der Waals surface area contributed by atoms with Gasteiger partial charge in [0, 0.05) is 51.8 Å². The molecule has 2 aromatic rings. The number of carbonyl (C=O) groups is 1. The highest BCUT2D eigenvalue weighted by Crippen LogP contribution is 2.29. The van der Waals surface area contributed by atoms with Crippen molar-refractivity contribution in [3.63, 3.8) is 0 Å². The quantitative estimate of drug-likeness (QED) is 0.813. The van der Waals surface area contributed by atoms with Gasteiger partial charge in [-0.05, 0) is 31.5 Å². The van der Waals surface area contributed by atoms with Crippen LogP contribution in [0.15, 0.2) is 18.5 Å². The molecule has 3 aliphatic heterocycles. The van der Waals surface area contributed by atoms with Gasteiger partial charge in [0.2, 0.25) is 5.91 Å². The molecular formula is C19H25N7O. The van der Waals surface area contributed by atoms with Crippen molar-refractivity contribution in [2.24, 2.45) is 0 Å². The van der Waals surface area contributed by atoms with Gasteiger partial charge in [-0.2, -0.15) is 10.2 Å². The SMILES string of the molecule is CN1CCc2nnc(N3CCC(n4cc(N5CCCC5=O)cn4)C3)cc2C1. The van der Waals surface area contributed by atoms with Gasteiger partial charge in [-0.1, -0.05) is 0 Å². The second-order valence-corrected chi connectivity index (χ2v) is 7.88. The molecule has 142 valence electrons. The molecule has 27 heavy (non-hydrogen) atoms. The molecule has 5 heterocycles. The van der Waals surface area contributed by atoms with Crippen LogP contribution in [0.3, 0.4) is 0 Å². The van der Waals surface area contributed by atoms with Gasteiger partial charge in [-0.25, -0.2) is 0 Å². The molecule has 2 fully saturated rings. The summed E-state index contributed by atoms with van der Waals surface area (Å²) in [5.74, 6) is 1.17. The molecule has 8 nitrogen and oxygen atoms in total. The Hall–Kier alpha value is -2.48. The zero-order valence-electron chi connectivity index (χ0n) is 15.7. The summed E-state index contributed by atoms with van der Waals surface area (Å²) in [6.45, 7) is 4.63. The minimum Gasteiger partial charge on any atom is -0.353 e. The monoisotopic (exact) mass is 367 g/mol. The van der Waals surface area contributed by atoms with Gasteiger partial charge >= 0.3 is 0 Å². The van der Waals surface area contributed by atoms with Crippen molar-refractivity contribution in [3.8, 4) is 0 Å². The van der Waals surface area contributed by atoms with Crippen LogP contribution in [0.1, 0.15) is 36.6 Å². The Labute approximate surface area is 158 Å². The number of rotatable bonds is 3. The topological polar surface area (TPSA) is 70.4 Å². The predicted octanol–water partition coefficient (Wildman–Crippen LogP) is 1.24. The average Bonchev–Trinajstić information content (AvgIpc) is 3.40. The first-order valence-electron chi connectivity index (χ1n) is 9.81. The molecule has 0 N–H and O–H groups in total. The van der Waals surface area contributed by atoms with Crippen molar-refractivity contribution in [1.82, 2.24) is 24.9 Å². The Morgan fingerprint density at radius 2 is 2.07 bits per heavy atom. The van der Waals surface area contributed by atoms with E-state index < -0.39 is 0 Å². The zero-order chi connectivity index (χ0) is 18.4. The molecule has 1 amide bonds. The number of carbonyl (C=O) groups excluding carboxylic acids is 1. The van der Waals surface area contributed by atoms with E-state index in [9.17, 15) is 4.79 Å². The van der Waals surface area contributed by atoms with Gasteiger partial charge < -0.3 is 14.7 Å². The van der Waals surface area contributed by atoms with Crippen LogP contribution < -0.4 is 9.80 Å². The third-order valence-electron chi connectivity index (χ3n) is 5.95. The minimum atomic E-state index is 0.205. The number of likely N-dealkylation sites (N-methyl/N-ethyl adjacent to an activating group) is 1. The third kappa shape index (κ3) is 3.07. The first-order valence-corrected chi connectivity index (χ1v) is 9.81. The molecule has 1 atom stereocenters. The minimum absolute atomic E-state index is 0.205. The van der Waals surface area contributed by atoms with Crippen LogP contribution >= 0.6 is 0 Å². The van der Waals surface area contributed by atoms with Crippen molar-refractivity contribution in [1.29, 1.82) is 0 Å². The van der Waals surface area contributed by atoms with E-state index in [2.05, 4.69) is 38.2 Å². The van der Waals surface area contributed by atoms with E-state index in [1.807, 2.05) is 22.0 Å². The van der Waals surface area contributed by atoms with Crippen molar-refractivity contribution in [2.45, 2.75) is 38.3 Å². The molecule has 0 aliphatic carbocycles. The zero-order valence-corrected chi connectivity index (χ0v) is 15.7. The second kappa shape index (κ2) is 6.60. The van der Waals surface area contributed by atoms with Crippen molar-refractivity contribution >= 4 is 17.4 Å². The second-order valence-electron chi connectivity index (χ2n) is 7.88. The number of amides is 1. The van der Waals surface area contributed by atoms with Crippen LogP contribution in [0.4, 0.5) is 11.5 Å². The van der Waals surface area contributed by atoms with Crippen LogP contribution in [-0.4, -0.2) is 64.0 Å². The molecule has 0 saturated carbocycles. The molecular weight excluding hydrogens is 342 g/mol. The Balaban J connectivity index is 1.30. The summed E-state index contributed by atoms with van der Waals surface area (Å²) in [6.07, 6.45) is 7.42. The Bertz CT molecular complexity index is 863. The summed E-state index contributed by atoms with van der Waals surface area (Å²) in [6, 6.07) is 2.51. The standard InChI is InChI=1S/C19H25N7O/c1-23-7-5-17-14(11-23)9-18(22-21-17)24-8-4-15(12-24)26-13-16(10-20-26)25-6-2-3-19(25)27/h9-10,13,15H,2-8,11-12H2,1H3. The van der Waals surface area contributed by atoms with E-state index >= 15 is 0 Å². The molecule has 0 radical (unpaired) electrons. The summed E-state index contributed by atoms with van der Waals surface area (Å²) in [4.78, 5) is 18.4. The number of nitrogens with zero attached hydrogens (tertiary/aromatic N) is 7. The van der Waals surface area contributed by atoms with Crippen LogP contribution in [0, 0.1) is 0 Å². The fraction of sp³-hybridized carbons (Fsp3) is 0.579. The van der Waals surface area contributed by atoms with Crippen molar-refractivity contribution in [2.75, 3.05) is 43.0 Å². The maximum Gasteiger partial charge on any atom is 0.227 e. The fourth-order valence-electron chi connectivity index (χ4n) is 4.37. The van der Waals surface area contributed by atoms with Crippen LogP contribution in [0.2, 0.25) is 0 Å². The Morgan fingerprint density at radius 1 is 1.15 bits per heavy atom. The first-order chi connectivity index (χ1) is 13.2. The van der Waals surface area contributed by atoms with Crippen LogP contribution in [0.25, 0.3) is 0 Å². The lowest BCUT2D eigenvalue weighted by Crippen LogP contribution is -2.29. The van der Waals surface area contributed by atoms with E-state index in [-0.39, 0.29) is 5.91 Å². The van der Waals surface area contributed by atoms with E-state index in [0.717, 1.165) is 69.2 Å². The van der Waals surface area contributed by atoms with Gasteiger partial charge in [-0.3, -0.25) is 9.48 Å². The highest BCUT2D eigenvalue weighted by molar-refractivity contribution is 5.95. The molecule has 0 spiro atoms. The van der Waals surface area contributed by atoms with Gasteiger partial charge in [0.15, 0.2) is 5.82 Å². The Kier molecular flexibility index (Phi) is 4.07. The van der Waals surface area contributed by atoms with Crippen molar-refractivity contribution in [3.05, 3.63) is 29.7 Å². The molecule has 5 rings (SSSR count). The lowest BCUT2D eigenvalue weighted by molar-refractivity contribution is -0.117. The molecule has 2 saturated heterocycles. The smallest absolute Gasteiger partial charge is 0.227 e. The number of aromatic nitrogens is 4. The first kappa shape index (κ1) is 16.7. The molecule has 0 bridgehead atoms. The summed E-state index contributed by atoms with van der Waals surface area (Å²) in [5.41, 5.74) is 3.36. The summed E-state index contributed by atoms with van der Waals surface area (Å²) >= 11 is 0. The van der Waals surface area contributed by atoms with Gasteiger partial charge in [0.1, 0.15) is 0 Å². The lowest BCUT2D eigenvalue weighted by Gasteiger charge is -2.25. The Morgan fingerprint density at radius 3 is 2.93 bits per heavy atom. The maximum absolute atomic E-state index is 11.9. The van der Waals surface area contributed by atoms with Gasteiger partial charge in [0.05, 0.1) is 23.6 Å². The maximum atomic E-state index is 11.9. The van der Waals surface area contributed by atoms with Gasteiger partial charge in [-0.15, -0.1) is 5.10 Å².